The lowest BCUT2D eigenvalue weighted by Gasteiger charge is -2.18. The van der Waals surface area contributed by atoms with Crippen molar-refractivity contribution in [3.05, 3.63) is 36.6 Å². The molecular formula is C21H22F3N7O3. The highest BCUT2D eigenvalue weighted by molar-refractivity contribution is 6.07. The molecule has 34 heavy (non-hydrogen) atoms. The Hall–Kier alpha value is -3.90. The largest absolute Gasteiger partial charge is 0.444 e. The number of aryl methyl sites for hydroxylation is 1. The van der Waals surface area contributed by atoms with Crippen LogP contribution in [0.3, 0.4) is 0 Å². The first-order valence-electron chi connectivity index (χ1n) is 10.3. The van der Waals surface area contributed by atoms with Gasteiger partial charge in [0.15, 0.2) is 11.5 Å². The van der Waals surface area contributed by atoms with E-state index < -0.39 is 24.0 Å². The van der Waals surface area contributed by atoms with Crippen LogP contribution in [0.2, 0.25) is 0 Å². The van der Waals surface area contributed by atoms with Crippen LogP contribution in [0.4, 0.5) is 30.4 Å². The van der Waals surface area contributed by atoms with Crippen LogP contribution < -0.4 is 15.5 Å². The van der Waals surface area contributed by atoms with Crippen LogP contribution >= 0.6 is 0 Å². The second kappa shape index (κ2) is 8.47. The first-order valence-corrected chi connectivity index (χ1v) is 10.3. The molecular weight excluding hydrogens is 455 g/mol. The Morgan fingerprint density at radius 2 is 2.06 bits per heavy atom. The van der Waals surface area contributed by atoms with Gasteiger partial charge in [0, 0.05) is 31.4 Å². The predicted octanol–water partition coefficient (Wildman–Crippen LogP) is 3.46. The molecule has 4 rings (SSSR count). The van der Waals surface area contributed by atoms with E-state index in [-0.39, 0.29) is 28.7 Å². The van der Waals surface area contributed by atoms with E-state index in [0.29, 0.717) is 24.5 Å². The number of rotatable bonds is 6. The zero-order chi connectivity index (χ0) is 24.7. The highest BCUT2D eigenvalue weighted by Gasteiger charge is 2.41. The molecule has 2 N–H and O–H groups in total. The summed E-state index contributed by atoms with van der Waals surface area (Å²) in [6.45, 7) is 2.97. The summed E-state index contributed by atoms with van der Waals surface area (Å²) < 4.78 is 44.1. The van der Waals surface area contributed by atoms with Crippen molar-refractivity contribution in [1.29, 1.82) is 0 Å². The second-order valence-corrected chi connectivity index (χ2v) is 8.55. The molecule has 4 heterocycles. The molecule has 13 heteroatoms. The lowest BCUT2D eigenvalue weighted by molar-refractivity contribution is -0.124. The number of carbonyl (C=O) groups excluding carboxylic acids is 2. The minimum absolute atomic E-state index is 0.0104. The molecule has 180 valence electrons. The highest BCUT2D eigenvalue weighted by Crippen LogP contribution is 2.36. The number of amides is 2. The Labute approximate surface area is 192 Å². The molecule has 0 unspecified atom stereocenters. The van der Waals surface area contributed by atoms with Crippen LogP contribution in [-0.4, -0.2) is 50.8 Å². The quantitative estimate of drug-likeness (QED) is 0.558. The second-order valence-electron chi connectivity index (χ2n) is 8.55. The number of nitrogens with zero attached hydrogens (tertiary/aromatic N) is 5. The maximum Gasteiger partial charge on any atom is 0.405 e. The van der Waals surface area contributed by atoms with Crippen molar-refractivity contribution < 1.29 is 27.2 Å². The molecule has 1 aliphatic heterocycles. The Kier molecular flexibility index (Phi) is 5.79. The molecule has 0 aromatic carbocycles. The van der Waals surface area contributed by atoms with Gasteiger partial charge in [0.25, 0.3) is 5.91 Å². The molecule has 3 aromatic heterocycles. The monoisotopic (exact) mass is 477 g/mol. The van der Waals surface area contributed by atoms with E-state index >= 15 is 0 Å². The van der Waals surface area contributed by atoms with E-state index in [1.165, 1.54) is 28.0 Å². The average Bonchev–Trinajstić information content (AvgIpc) is 3.45. The van der Waals surface area contributed by atoms with E-state index in [2.05, 4.69) is 25.7 Å². The Morgan fingerprint density at radius 1 is 1.29 bits per heavy atom. The van der Waals surface area contributed by atoms with E-state index in [4.69, 9.17) is 4.42 Å². The molecule has 0 saturated carbocycles. The number of nitrogens with one attached hydrogen (secondary N) is 2. The Balaban J connectivity index is 1.50. The summed E-state index contributed by atoms with van der Waals surface area (Å²) in [5.41, 5.74) is 0.169. The maximum atomic E-state index is 12.8. The zero-order valence-electron chi connectivity index (χ0n) is 18.6. The molecule has 1 saturated heterocycles. The van der Waals surface area contributed by atoms with Crippen molar-refractivity contribution >= 4 is 29.0 Å². The molecule has 2 amide bonds. The molecule has 1 fully saturated rings. The molecule has 10 nitrogen and oxygen atoms in total. The summed E-state index contributed by atoms with van der Waals surface area (Å²) in [4.78, 5) is 35.0. The van der Waals surface area contributed by atoms with Gasteiger partial charge in [-0.25, -0.2) is 4.98 Å². The van der Waals surface area contributed by atoms with Crippen molar-refractivity contribution in [2.45, 2.75) is 26.4 Å². The van der Waals surface area contributed by atoms with Gasteiger partial charge in [-0.05, 0) is 12.5 Å². The third-order valence-electron chi connectivity index (χ3n) is 5.31. The topological polar surface area (TPSA) is 118 Å². The summed E-state index contributed by atoms with van der Waals surface area (Å²) in [7, 11) is 1.67. The van der Waals surface area contributed by atoms with Crippen LogP contribution in [-0.2, 0) is 11.8 Å². The maximum absolute atomic E-state index is 12.8. The van der Waals surface area contributed by atoms with E-state index in [0.717, 1.165) is 6.26 Å². The van der Waals surface area contributed by atoms with Crippen LogP contribution in [0.5, 0.6) is 0 Å². The Morgan fingerprint density at radius 3 is 2.74 bits per heavy atom. The summed E-state index contributed by atoms with van der Waals surface area (Å²) in [6, 6.07) is 1.38. The third kappa shape index (κ3) is 4.87. The fourth-order valence-corrected chi connectivity index (χ4v) is 3.48. The van der Waals surface area contributed by atoms with Crippen LogP contribution in [0.1, 0.15) is 30.8 Å². The van der Waals surface area contributed by atoms with E-state index in [9.17, 15) is 22.8 Å². The van der Waals surface area contributed by atoms with Gasteiger partial charge in [-0.15, -0.1) is 0 Å². The van der Waals surface area contributed by atoms with Gasteiger partial charge in [-0.2, -0.15) is 18.3 Å². The van der Waals surface area contributed by atoms with Crippen LogP contribution in [0.25, 0.3) is 11.5 Å². The summed E-state index contributed by atoms with van der Waals surface area (Å²) >= 11 is 0. The van der Waals surface area contributed by atoms with Gasteiger partial charge in [0.1, 0.15) is 18.5 Å². The van der Waals surface area contributed by atoms with Crippen molar-refractivity contribution in [3.63, 3.8) is 0 Å². The smallest absolute Gasteiger partial charge is 0.405 e. The molecule has 0 aliphatic carbocycles. The van der Waals surface area contributed by atoms with Crippen molar-refractivity contribution in [2.24, 2.45) is 12.5 Å². The number of aromatic nitrogens is 4. The summed E-state index contributed by atoms with van der Waals surface area (Å²) in [5.74, 6) is -0.342. The number of oxazole rings is 1. The lowest BCUT2D eigenvalue weighted by Crippen LogP contribution is -2.32. The fraction of sp³-hybridized carbons (Fsp3) is 0.381. The van der Waals surface area contributed by atoms with Gasteiger partial charge >= 0.3 is 6.18 Å². The Bertz CT molecular complexity index is 1230. The predicted molar refractivity (Wildman–Crippen MR) is 116 cm³/mol. The highest BCUT2D eigenvalue weighted by atomic mass is 19.4. The number of hydrogen-bond acceptors (Lipinski definition) is 7. The minimum atomic E-state index is -4.38. The molecule has 1 aliphatic rings. The molecule has 0 radical (unpaired) electrons. The van der Waals surface area contributed by atoms with Crippen molar-refractivity contribution in [3.8, 4) is 11.5 Å². The number of anilines is 3. The third-order valence-corrected chi connectivity index (χ3v) is 5.31. The van der Waals surface area contributed by atoms with E-state index in [1.54, 1.807) is 13.2 Å². The van der Waals surface area contributed by atoms with Gasteiger partial charge < -0.3 is 15.1 Å². The van der Waals surface area contributed by atoms with Crippen LogP contribution in [0.15, 0.2) is 35.3 Å². The first kappa shape index (κ1) is 23.3. The van der Waals surface area contributed by atoms with Gasteiger partial charge in [-0.3, -0.25) is 24.2 Å². The summed E-state index contributed by atoms with van der Waals surface area (Å²) in [6.07, 6.45) is 1.56. The summed E-state index contributed by atoms with van der Waals surface area (Å²) in [5, 5.41) is 9.24. The standard InChI is InChI=1S/C21H22F3N7O3/c1-20(2)4-5-31(19(20)33)16-14(9-30(3)29-16)27-17(32)15-10-34-18(28-15)12-6-13(8-25-7-12)26-11-21(22,23)24/h6-10,26H,4-5,11H2,1-3H3,(H,27,32). The molecule has 3 aromatic rings. The molecule has 0 bridgehead atoms. The number of halogens is 3. The SMILES string of the molecule is Cn1cc(NC(=O)c2coc(-c3cncc(NCC(F)(F)F)c3)n2)c(N2CCC(C)(C)C2=O)n1. The molecule has 0 atom stereocenters. The average molecular weight is 477 g/mol. The number of carbonyl (C=O) groups is 2. The minimum Gasteiger partial charge on any atom is -0.444 e. The normalized spacial score (nSPS) is 15.6. The van der Waals surface area contributed by atoms with E-state index in [1.807, 2.05) is 13.8 Å². The first-order chi connectivity index (χ1) is 15.9. The fourth-order valence-electron chi connectivity index (χ4n) is 3.48. The van der Waals surface area contributed by atoms with Crippen molar-refractivity contribution in [2.75, 3.05) is 28.6 Å². The van der Waals surface area contributed by atoms with Crippen molar-refractivity contribution in [1.82, 2.24) is 19.7 Å². The lowest BCUT2D eigenvalue weighted by atomic mass is 9.92. The van der Waals surface area contributed by atoms with Gasteiger partial charge in [0.2, 0.25) is 11.8 Å². The number of hydrogen-bond donors (Lipinski definition) is 2. The number of pyridine rings is 1. The zero-order valence-corrected chi connectivity index (χ0v) is 18.6. The molecule has 0 spiro atoms. The van der Waals surface area contributed by atoms with Gasteiger partial charge in [0.05, 0.1) is 17.4 Å². The number of alkyl halides is 3. The van der Waals surface area contributed by atoms with Crippen LogP contribution in [0, 0.1) is 5.41 Å². The van der Waals surface area contributed by atoms with Gasteiger partial charge in [-0.1, -0.05) is 13.8 Å².